The number of nitrogens with two attached hydrogens (primary N) is 1. The van der Waals surface area contributed by atoms with Crippen LogP contribution in [-0.4, -0.2) is 31.3 Å². The average molecular weight is 243 g/mol. The molecule has 2 N–H and O–H groups in total. The largest absolute Gasteiger partial charge is 0.468 e. The van der Waals surface area contributed by atoms with Gasteiger partial charge in [0.25, 0.3) is 0 Å². The van der Waals surface area contributed by atoms with Crippen LogP contribution in [0.5, 0.6) is 0 Å². The molecule has 1 aliphatic rings. The number of hydrogen-bond acceptors (Lipinski definition) is 4. The van der Waals surface area contributed by atoms with Gasteiger partial charge in [-0.05, 0) is 32.1 Å². The molecule has 0 aliphatic heterocycles. The zero-order chi connectivity index (χ0) is 12.9. The van der Waals surface area contributed by atoms with Crippen molar-refractivity contribution >= 4 is 5.97 Å². The minimum absolute atomic E-state index is 0.331. The summed E-state index contributed by atoms with van der Waals surface area (Å²) in [5, 5.41) is 0. The summed E-state index contributed by atoms with van der Waals surface area (Å²) in [4.78, 5) is 11.4. The van der Waals surface area contributed by atoms with Crippen LogP contribution in [0.3, 0.4) is 0 Å². The average Bonchev–Trinajstić information content (AvgIpc) is 2.30. The van der Waals surface area contributed by atoms with E-state index < -0.39 is 5.54 Å². The summed E-state index contributed by atoms with van der Waals surface area (Å²) >= 11 is 0. The first-order valence-electron chi connectivity index (χ1n) is 6.46. The molecule has 17 heavy (non-hydrogen) atoms. The minimum Gasteiger partial charge on any atom is -0.468 e. The Balaban J connectivity index is 2.29. The van der Waals surface area contributed by atoms with Crippen LogP contribution in [0.4, 0.5) is 0 Å². The number of hydrogen-bond donors (Lipinski definition) is 1. The molecule has 0 saturated heterocycles. The SMILES string of the molecule is COC(=O)C(C)(N)CCOC1CCCCC1C. The third-order valence-electron chi connectivity index (χ3n) is 3.64. The van der Waals surface area contributed by atoms with Crippen LogP contribution in [0.25, 0.3) is 0 Å². The molecule has 1 rings (SSSR count). The van der Waals surface area contributed by atoms with Gasteiger partial charge in [-0.2, -0.15) is 0 Å². The minimum atomic E-state index is -0.938. The predicted molar refractivity (Wildman–Crippen MR) is 66.6 cm³/mol. The van der Waals surface area contributed by atoms with Gasteiger partial charge in [0.15, 0.2) is 0 Å². The van der Waals surface area contributed by atoms with Crippen molar-refractivity contribution < 1.29 is 14.3 Å². The molecular weight excluding hydrogens is 218 g/mol. The monoisotopic (exact) mass is 243 g/mol. The molecule has 0 aromatic carbocycles. The van der Waals surface area contributed by atoms with Crippen LogP contribution in [0.15, 0.2) is 0 Å². The fraction of sp³-hybridized carbons (Fsp3) is 0.923. The van der Waals surface area contributed by atoms with Gasteiger partial charge in [0.05, 0.1) is 13.2 Å². The topological polar surface area (TPSA) is 61.5 Å². The van der Waals surface area contributed by atoms with Crippen LogP contribution in [0, 0.1) is 5.92 Å². The Morgan fingerprint density at radius 1 is 1.41 bits per heavy atom. The summed E-state index contributed by atoms with van der Waals surface area (Å²) in [6.45, 7) is 4.44. The Bertz CT molecular complexity index is 253. The Kier molecular flexibility index (Phi) is 5.40. The zero-order valence-electron chi connectivity index (χ0n) is 11.2. The number of ether oxygens (including phenoxy) is 2. The Hall–Kier alpha value is -0.610. The van der Waals surface area contributed by atoms with Crippen molar-refractivity contribution in [3.05, 3.63) is 0 Å². The molecule has 0 heterocycles. The van der Waals surface area contributed by atoms with Gasteiger partial charge in [0.1, 0.15) is 5.54 Å². The van der Waals surface area contributed by atoms with Crippen LogP contribution in [0.1, 0.15) is 46.0 Å². The second-order valence-electron chi connectivity index (χ2n) is 5.33. The number of methoxy groups -OCH3 is 1. The van der Waals surface area contributed by atoms with Crippen LogP contribution in [-0.2, 0) is 14.3 Å². The molecule has 3 unspecified atom stereocenters. The Morgan fingerprint density at radius 2 is 2.06 bits per heavy atom. The predicted octanol–water partition coefficient (Wildman–Crippen LogP) is 1.86. The summed E-state index contributed by atoms with van der Waals surface area (Å²) in [5.41, 5.74) is 4.93. The summed E-state index contributed by atoms with van der Waals surface area (Å²) in [6, 6.07) is 0. The Morgan fingerprint density at radius 3 is 2.65 bits per heavy atom. The molecule has 100 valence electrons. The molecule has 4 heteroatoms. The number of carbonyl (C=O) groups is 1. The summed E-state index contributed by atoms with van der Waals surface area (Å²) < 4.78 is 10.5. The maximum atomic E-state index is 11.4. The van der Waals surface area contributed by atoms with E-state index in [1.54, 1.807) is 6.92 Å². The smallest absolute Gasteiger partial charge is 0.325 e. The molecule has 1 fully saturated rings. The van der Waals surface area contributed by atoms with E-state index >= 15 is 0 Å². The van der Waals surface area contributed by atoms with Gasteiger partial charge in [0.2, 0.25) is 0 Å². The van der Waals surface area contributed by atoms with Crippen molar-refractivity contribution in [2.75, 3.05) is 13.7 Å². The van der Waals surface area contributed by atoms with Gasteiger partial charge in [-0.25, -0.2) is 0 Å². The highest BCUT2D eigenvalue weighted by molar-refractivity contribution is 5.79. The number of esters is 1. The van der Waals surface area contributed by atoms with E-state index in [1.807, 2.05) is 0 Å². The second-order valence-corrected chi connectivity index (χ2v) is 5.33. The molecule has 0 radical (unpaired) electrons. The van der Waals surface area contributed by atoms with Gasteiger partial charge < -0.3 is 15.2 Å². The van der Waals surface area contributed by atoms with Crippen LogP contribution in [0.2, 0.25) is 0 Å². The van der Waals surface area contributed by atoms with Crippen molar-refractivity contribution in [3.63, 3.8) is 0 Å². The van der Waals surface area contributed by atoms with Gasteiger partial charge >= 0.3 is 5.97 Å². The number of carbonyl (C=O) groups excluding carboxylic acids is 1. The lowest BCUT2D eigenvalue weighted by molar-refractivity contribution is -0.147. The van der Waals surface area contributed by atoms with Crippen LogP contribution < -0.4 is 5.73 Å². The first-order chi connectivity index (χ1) is 7.97. The lowest BCUT2D eigenvalue weighted by atomic mass is 9.88. The Labute approximate surface area is 104 Å². The van der Waals surface area contributed by atoms with Gasteiger partial charge in [-0.1, -0.05) is 19.8 Å². The standard InChI is InChI=1S/C13H25NO3/c1-10-6-4-5-7-11(10)17-9-8-13(2,14)12(15)16-3/h10-11H,4-9,14H2,1-3H3. The molecule has 0 aromatic heterocycles. The molecule has 3 atom stereocenters. The van der Waals surface area contributed by atoms with E-state index in [0.29, 0.717) is 25.0 Å². The van der Waals surface area contributed by atoms with E-state index in [2.05, 4.69) is 11.7 Å². The van der Waals surface area contributed by atoms with Gasteiger partial charge in [-0.15, -0.1) is 0 Å². The maximum Gasteiger partial charge on any atom is 0.325 e. The van der Waals surface area contributed by atoms with Crippen molar-refractivity contribution in [2.45, 2.75) is 57.6 Å². The number of rotatable bonds is 5. The summed E-state index contributed by atoms with van der Waals surface area (Å²) in [7, 11) is 1.36. The molecule has 0 amide bonds. The first kappa shape index (κ1) is 14.5. The van der Waals surface area contributed by atoms with E-state index in [4.69, 9.17) is 10.5 Å². The molecule has 1 saturated carbocycles. The zero-order valence-corrected chi connectivity index (χ0v) is 11.2. The lowest BCUT2D eigenvalue weighted by Gasteiger charge is -2.30. The molecule has 1 aliphatic carbocycles. The van der Waals surface area contributed by atoms with Crippen molar-refractivity contribution in [2.24, 2.45) is 11.7 Å². The van der Waals surface area contributed by atoms with E-state index in [0.717, 1.165) is 6.42 Å². The van der Waals surface area contributed by atoms with E-state index in [9.17, 15) is 4.79 Å². The molecular formula is C13H25NO3. The molecule has 4 nitrogen and oxygen atoms in total. The van der Waals surface area contributed by atoms with Gasteiger partial charge in [0, 0.05) is 6.61 Å². The second kappa shape index (κ2) is 6.36. The summed E-state index contributed by atoms with van der Waals surface area (Å²) in [5.74, 6) is 0.240. The van der Waals surface area contributed by atoms with Crippen molar-refractivity contribution in [1.29, 1.82) is 0 Å². The van der Waals surface area contributed by atoms with Crippen molar-refractivity contribution in [3.8, 4) is 0 Å². The molecule has 0 spiro atoms. The summed E-state index contributed by atoms with van der Waals surface area (Å²) in [6.07, 6.45) is 5.74. The molecule has 0 bridgehead atoms. The fourth-order valence-corrected chi connectivity index (χ4v) is 2.29. The highest BCUT2D eigenvalue weighted by atomic mass is 16.5. The third-order valence-corrected chi connectivity index (χ3v) is 3.64. The normalized spacial score (nSPS) is 28.5. The third kappa shape index (κ3) is 4.28. The van der Waals surface area contributed by atoms with E-state index in [-0.39, 0.29) is 5.97 Å². The highest BCUT2D eigenvalue weighted by Crippen LogP contribution is 2.26. The molecule has 0 aromatic rings. The maximum absolute atomic E-state index is 11.4. The highest BCUT2D eigenvalue weighted by Gasteiger charge is 2.30. The van der Waals surface area contributed by atoms with E-state index in [1.165, 1.54) is 26.4 Å². The van der Waals surface area contributed by atoms with Crippen molar-refractivity contribution in [1.82, 2.24) is 0 Å². The quantitative estimate of drug-likeness (QED) is 0.749. The lowest BCUT2D eigenvalue weighted by Crippen LogP contribution is -2.47. The van der Waals surface area contributed by atoms with Crippen LogP contribution >= 0.6 is 0 Å². The van der Waals surface area contributed by atoms with Gasteiger partial charge in [-0.3, -0.25) is 4.79 Å². The first-order valence-corrected chi connectivity index (χ1v) is 6.46. The fourth-order valence-electron chi connectivity index (χ4n) is 2.29.